The number of aryl methyl sites for hydroxylation is 3. The van der Waals surface area contributed by atoms with Crippen molar-refractivity contribution in [3.8, 4) is 0 Å². The zero-order valence-corrected chi connectivity index (χ0v) is 13.9. The Morgan fingerprint density at radius 3 is 2.85 bits per heavy atom. The van der Waals surface area contributed by atoms with E-state index in [1.807, 2.05) is 32.4 Å². The van der Waals surface area contributed by atoms with Gasteiger partial charge in [0.2, 0.25) is 0 Å². The minimum absolute atomic E-state index is 0.454. The van der Waals surface area contributed by atoms with Crippen LogP contribution in [-0.4, -0.2) is 22.9 Å². The van der Waals surface area contributed by atoms with Gasteiger partial charge in [-0.2, -0.15) is 5.10 Å². The van der Waals surface area contributed by atoms with Crippen molar-refractivity contribution in [2.75, 3.05) is 7.05 Å². The van der Waals surface area contributed by atoms with Gasteiger partial charge in [0, 0.05) is 23.5 Å². The molecule has 2 aromatic heterocycles. The molecule has 0 bridgehead atoms. The summed E-state index contributed by atoms with van der Waals surface area (Å²) in [5.41, 5.74) is 2.21. The molecule has 0 aromatic carbocycles. The Balaban J connectivity index is 1.88. The first kappa shape index (κ1) is 15.5. The minimum atomic E-state index is 0.454. The maximum Gasteiger partial charge on any atom is 0.130 e. The van der Waals surface area contributed by atoms with E-state index in [4.69, 9.17) is 11.6 Å². The Hall–Kier alpha value is -0.840. The number of halogens is 1. The molecule has 0 aliphatic rings. The van der Waals surface area contributed by atoms with Crippen molar-refractivity contribution in [3.05, 3.63) is 38.8 Å². The molecule has 0 saturated heterocycles. The molecule has 2 aromatic rings. The lowest BCUT2D eigenvalue weighted by Crippen LogP contribution is -2.27. The smallest absolute Gasteiger partial charge is 0.130 e. The molecule has 0 spiro atoms. The first-order valence-electron chi connectivity index (χ1n) is 6.99. The van der Waals surface area contributed by atoms with Crippen molar-refractivity contribution >= 4 is 22.9 Å². The van der Waals surface area contributed by atoms with E-state index in [2.05, 4.69) is 27.9 Å². The zero-order valence-electron chi connectivity index (χ0n) is 12.3. The highest BCUT2D eigenvalue weighted by molar-refractivity contribution is 7.09. The summed E-state index contributed by atoms with van der Waals surface area (Å²) in [6.45, 7) is 2.03. The van der Waals surface area contributed by atoms with E-state index in [9.17, 15) is 0 Å². The van der Waals surface area contributed by atoms with Gasteiger partial charge in [0.05, 0.1) is 5.69 Å². The largest absolute Gasteiger partial charge is 0.317 e. The van der Waals surface area contributed by atoms with E-state index >= 15 is 0 Å². The number of nitrogens with one attached hydrogen (secondary N) is 1. The highest BCUT2D eigenvalue weighted by Gasteiger charge is 2.16. The number of hydrogen-bond donors (Lipinski definition) is 1. The van der Waals surface area contributed by atoms with Crippen LogP contribution in [0.15, 0.2) is 17.5 Å². The first-order chi connectivity index (χ1) is 9.61. The number of thiophene rings is 1. The molecule has 0 aliphatic heterocycles. The molecule has 1 N–H and O–H groups in total. The zero-order chi connectivity index (χ0) is 14.5. The second-order valence-corrected chi connectivity index (χ2v) is 6.53. The van der Waals surface area contributed by atoms with Gasteiger partial charge in [-0.3, -0.25) is 4.68 Å². The predicted octanol–water partition coefficient (Wildman–Crippen LogP) is 3.60. The average molecular weight is 312 g/mol. The lowest BCUT2D eigenvalue weighted by atomic mass is 10.0. The van der Waals surface area contributed by atoms with Gasteiger partial charge in [-0.05, 0) is 51.1 Å². The summed E-state index contributed by atoms with van der Waals surface area (Å²) >= 11 is 8.14. The number of rotatable bonds is 7. The van der Waals surface area contributed by atoms with Gasteiger partial charge < -0.3 is 5.32 Å². The summed E-state index contributed by atoms with van der Waals surface area (Å²) in [7, 11) is 3.92. The lowest BCUT2D eigenvalue weighted by molar-refractivity contribution is 0.502. The van der Waals surface area contributed by atoms with Crippen LogP contribution in [0.5, 0.6) is 0 Å². The second kappa shape index (κ2) is 7.25. The molecule has 0 radical (unpaired) electrons. The molecule has 0 fully saturated rings. The molecule has 110 valence electrons. The van der Waals surface area contributed by atoms with E-state index < -0.39 is 0 Å². The Kier molecular flexibility index (Phi) is 5.64. The Morgan fingerprint density at radius 2 is 2.30 bits per heavy atom. The summed E-state index contributed by atoms with van der Waals surface area (Å²) in [4.78, 5) is 1.47. The fourth-order valence-corrected chi connectivity index (χ4v) is 3.48. The van der Waals surface area contributed by atoms with Crippen LogP contribution in [0.1, 0.15) is 29.0 Å². The molecule has 20 heavy (non-hydrogen) atoms. The fourth-order valence-electron chi connectivity index (χ4n) is 2.48. The SMILES string of the molecule is CNC(CCCc1cccs1)Cc1c(C)nn(C)c1Cl. The average Bonchev–Trinajstić information content (AvgIpc) is 3.01. The second-order valence-electron chi connectivity index (χ2n) is 5.14. The fraction of sp³-hybridized carbons (Fsp3) is 0.533. The standard InChI is InChI=1S/C15H22ClN3S/c1-11-14(15(16)19(3)18-11)10-12(17-2)6-4-7-13-8-5-9-20-13/h5,8-9,12,17H,4,6-7,10H2,1-3H3. The molecule has 2 rings (SSSR count). The van der Waals surface area contributed by atoms with Gasteiger partial charge in [-0.1, -0.05) is 17.7 Å². The quantitative estimate of drug-likeness (QED) is 0.846. The van der Waals surface area contributed by atoms with E-state index in [-0.39, 0.29) is 0 Å². The number of nitrogens with zero attached hydrogens (tertiary/aromatic N) is 2. The Morgan fingerprint density at radius 1 is 1.50 bits per heavy atom. The molecule has 1 atom stereocenters. The van der Waals surface area contributed by atoms with Crippen LogP contribution < -0.4 is 5.32 Å². The van der Waals surface area contributed by atoms with E-state index in [0.717, 1.165) is 30.1 Å². The van der Waals surface area contributed by atoms with E-state index in [0.29, 0.717) is 6.04 Å². The van der Waals surface area contributed by atoms with Gasteiger partial charge in [-0.25, -0.2) is 0 Å². The van der Waals surface area contributed by atoms with Crippen LogP contribution in [0.4, 0.5) is 0 Å². The monoisotopic (exact) mass is 311 g/mol. The minimum Gasteiger partial charge on any atom is -0.317 e. The van der Waals surface area contributed by atoms with Gasteiger partial charge in [0.1, 0.15) is 5.15 Å². The van der Waals surface area contributed by atoms with Crippen molar-refractivity contribution in [2.24, 2.45) is 7.05 Å². The molecule has 3 nitrogen and oxygen atoms in total. The van der Waals surface area contributed by atoms with Crippen molar-refractivity contribution in [1.82, 2.24) is 15.1 Å². The number of likely N-dealkylation sites (N-methyl/N-ethyl adjacent to an activating group) is 1. The highest BCUT2D eigenvalue weighted by Crippen LogP contribution is 2.22. The first-order valence-corrected chi connectivity index (χ1v) is 8.25. The number of hydrogen-bond acceptors (Lipinski definition) is 3. The Bertz CT molecular complexity index is 534. The molecular formula is C15H22ClN3S. The van der Waals surface area contributed by atoms with Crippen molar-refractivity contribution < 1.29 is 0 Å². The van der Waals surface area contributed by atoms with Gasteiger partial charge in [0.25, 0.3) is 0 Å². The summed E-state index contributed by atoms with van der Waals surface area (Å²) < 4.78 is 1.75. The van der Waals surface area contributed by atoms with E-state index in [1.54, 1.807) is 4.68 Å². The maximum absolute atomic E-state index is 6.30. The highest BCUT2D eigenvalue weighted by atomic mass is 35.5. The van der Waals surface area contributed by atoms with Crippen molar-refractivity contribution in [2.45, 2.75) is 38.6 Å². The molecule has 5 heteroatoms. The van der Waals surface area contributed by atoms with Gasteiger partial charge in [-0.15, -0.1) is 11.3 Å². The van der Waals surface area contributed by atoms with Crippen LogP contribution in [0.3, 0.4) is 0 Å². The third kappa shape index (κ3) is 3.84. The maximum atomic E-state index is 6.30. The van der Waals surface area contributed by atoms with Gasteiger partial charge >= 0.3 is 0 Å². The molecular weight excluding hydrogens is 290 g/mol. The van der Waals surface area contributed by atoms with Crippen LogP contribution in [0.25, 0.3) is 0 Å². The van der Waals surface area contributed by atoms with Crippen LogP contribution in [-0.2, 0) is 19.9 Å². The third-order valence-electron chi connectivity index (χ3n) is 3.68. The topological polar surface area (TPSA) is 29.9 Å². The third-order valence-corrected chi connectivity index (χ3v) is 5.09. The molecule has 2 heterocycles. The summed E-state index contributed by atoms with van der Waals surface area (Å²) in [5, 5.41) is 10.7. The molecule has 0 saturated carbocycles. The van der Waals surface area contributed by atoms with Crippen LogP contribution >= 0.6 is 22.9 Å². The normalized spacial score (nSPS) is 12.8. The Labute approximate surface area is 130 Å². The summed E-state index contributed by atoms with van der Waals surface area (Å²) in [6.07, 6.45) is 4.46. The van der Waals surface area contributed by atoms with Crippen LogP contribution in [0, 0.1) is 6.92 Å². The molecule has 1 unspecified atom stereocenters. The summed E-state index contributed by atoms with van der Waals surface area (Å²) in [5.74, 6) is 0. The summed E-state index contributed by atoms with van der Waals surface area (Å²) in [6, 6.07) is 4.78. The lowest BCUT2D eigenvalue weighted by Gasteiger charge is -2.16. The molecule has 0 aliphatic carbocycles. The predicted molar refractivity (Wildman–Crippen MR) is 86.8 cm³/mol. The van der Waals surface area contributed by atoms with Crippen molar-refractivity contribution in [1.29, 1.82) is 0 Å². The van der Waals surface area contributed by atoms with Crippen molar-refractivity contribution in [3.63, 3.8) is 0 Å². The number of aromatic nitrogens is 2. The van der Waals surface area contributed by atoms with Crippen LogP contribution in [0.2, 0.25) is 5.15 Å². The van der Waals surface area contributed by atoms with Gasteiger partial charge in [0.15, 0.2) is 0 Å². The molecule has 0 amide bonds. The van der Waals surface area contributed by atoms with E-state index in [1.165, 1.54) is 16.9 Å².